The van der Waals surface area contributed by atoms with Crippen molar-refractivity contribution >= 4 is 17.4 Å². The number of carbonyl (C=O) groups is 1. The van der Waals surface area contributed by atoms with Gasteiger partial charge in [0.2, 0.25) is 0 Å². The molecule has 21 heavy (non-hydrogen) atoms. The van der Waals surface area contributed by atoms with Gasteiger partial charge in [-0.15, -0.1) is 0 Å². The van der Waals surface area contributed by atoms with Crippen LogP contribution in [0.25, 0.3) is 0 Å². The number of ether oxygens (including phenoxy) is 2. The molecule has 0 N–H and O–H groups in total. The molecule has 0 amide bonds. The molecule has 0 saturated carbocycles. The van der Waals surface area contributed by atoms with Crippen molar-refractivity contribution in [2.75, 3.05) is 14.2 Å². The van der Waals surface area contributed by atoms with Crippen LogP contribution in [0.1, 0.15) is 15.9 Å². The van der Waals surface area contributed by atoms with Crippen LogP contribution >= 0.6 is 11.6 Å². The first-order valence-electron chi connectivity index (χ1n) is 6.25. The zero-order chi connectivity index (χ0) is 15.4. The van der Waals surface area contributed by atoms with E-state index < -0.39 is 5.82 Å². The maximum absolute atomic E-state index is 13.8. The fourth-order valence-corrected chi connectivity index (χ4v) is 2.29. The Hall–Kier alpha value is -2.07. The molecule has 110 valence electrons. The summed E-state index contributed by atoms with van der Waals surface area (Å²) in [4.78, 5) is 12.4. The first-order chi connectivity index (χ1) is 10.1. The van der Waals surface area contributed by atoms with Crippen molar-refractivity contribution in [2.45, 2.75) is 6.42 Å². The van der Waals surface area contributed by atoms with Crippen molar-refractivity contribution in [1.29, 1.82) is 0 Å². The van der Waals surface area contributed by atoms with Crippen molar-refractivity contribution in [3.05, 3.63) is 58.4 Å². The number of methoxy groups -OCH3 is 2. The van der Waals surface area contributed by atoms with E-state index in [-0.39, 0.29) is 22.8 Å². The molecular formula is C16H14ClFO3. The van der Waals surface area contributed by atoms with E-state index in [2.05, 4.69) is 0 Å². The van der Waals surface area contributed by atoms with Gasteiger partial charge in [0.25, 0.3) is 0 Å². The first-order valence-corrected chi connectivity index (χ1v) is 6.63. The van der Waals surface area contributed by atoms with E-state index in [9.17, 15) is 9.18 Å². The van der Waals surface area contributed by atoms with Crippen molar-refractivity contribution < 1.29 is 18.7 Å². The summed E-state index contributed by atoms with van der Waals surface area (Å²) in [5, 5.41) is 0.227. The third kappa shape index (κ3) is 3.16. The molecule has 0 aliphatic rings. The minimum absolute atomic E-state index is 0.144. The monoisotopic (exact) mass is 308 g/mol. The maximum atomic E-state index is 13.8. The molecule has 0 radical (unpaired) electrons. The number of carbonyl (C=O) groups excluding carboxylic acids is 1. The lowest BCUT2D eigenvalue weighted by Gasteiger charge is -2.12. The summed E-state index contributed by atoms with van der Waals surface area (Å²) in [6, 6.07) is 9.30. The summed E-state index contributed by atoms with van der Waals surface area (Å²) in [5.41, 5.74) is 0.505. The Bertz CT molecular complexity index is 650. The molecule has 2 aromatic carbocycles. The number of ketones is 1. The Morgan fingerprint density at radius 1 is 1.14 bits per heavy atom. The number of benzene rings is 2. The topological polar surface area (TPSA) is 35.5 Å². The normalized spacial score (nSPS) is 10.3. The van der Waals surface area contributed by atoms with Gasteiger partial charge in [-0.05, 0) is 24.3 Å². The number of hydrogen-bond acceptors (Lipinski definition) is 3. The molecule has 0 heterocycles. The van der Waals surface area contributed by atoms with Gasteiger partial charge in [-0.2, -0.15) is 0 Å². The second-order valence-electron chi connectivity index (χ2n) is 4.34. The summed E-state index contributed by atoms with van der Waals surface area (Å²) >= 11 is 5.95. The molecule has 0 aromatic heterocycles. The lowest BCUT2D eigenvalue weighted by Crippen LogP contribution is -2.08. The van der Waals surface area contributed by atoms with Crippen LogP contribution in [0.4, 0.5) is 4.39 Å². The molecule has 0 aliphatic carbocycles. The van der Waals surface area contributed by atoms with Crippen molar-refractivity contribution in [3.8, 4) is 11.5 Å². The summed E-state index contributed by atoms with van der Waals surface area (Å²) in [6.45, 7) is 0. The number of rotatable bonds is 5. The van der Waals surface area contributed by atoms with E-state index in [0.29, 0.717) is 17.1 Å². The fraction of sp³-hybridized carbons (Fsp3) is 0.188. The highest BCUT2D eigenvalue weighted by Gasteiger charge is 2.19. The van der Waals surface area contributed by atoms with Crippen LogP contribution in [0, 0.1) is 5.82 Å². The standard InChI is InChI=1S/C16H14ClFO3/c1-20-15-8-3-5-10(16(15)21-2)14(19)9-11-12(17)6-4-7-13(11)18/h3-8H,9H2,1-2H3. The van der Waals surface area contributed by atoms with Crippen LogP contribution in [0.5, 0.6) is 11.5 Å². The highest BCUT2D eigenvalue weighted by molar-refractivity contribution is 6.31. The molecule has 0 saturated heterocycles. The summed E-state index contributed by atoms with van der Waals surface area (Å²) in [5.74, 6) is -0.0177. The maximum Gasteiger partial charge on any atom is 0.171 e. The van der Waals surface area contributed by atoms with Gasteiger partial charge in [0.05, 0.1) is 19.8 Å². The molecule has 0 aliphatic heterocycles. The average Bonchev–Trinajstić information content (AvgIpc) is 2.49. The lowest BCUT2D eigenvalue weighted by molar-refractivity contribution is 0.0988. The number of hydrogen-bond donors (Lipinski definition) is 0. The number of halogens is 2. The molecule has 0 fully saturated rings. The Morgan fingerprint density at radius 3 is 2.48 bits per heavy atom. The average molecular weight is 309 g/mol. The Balaban J connectivity index is 2.37. The van der Waals surface area contributed by atoms with Gasteiger partial charge < -0.3 is 9.47 Å². The third-order valence-electron chi connectivity index (χ3n) is 3.10. The molecule has 2 aromatic rings. The Morgan fingerprint density at radius 2 is 1.86 bits per heavy atom. The third-order valence-corrected chi connectivity index (χ3v) is 3.46. The second-order valence-corrected chi connectivity index (χ2v) is 4.75. The lowest BCUT2D eigenvalue weighted by atomic mass is 10.0. The smallest absolute Gasteiger partial charge is 0.171 e. The largest absolute Gasteiger partial charge is 0.493 e. The predicted molar refractivity (Wildman–Crippen MR) is 79.0 cm³/mol. The molecule has 0 atom stereocenters. The van der Waals surface area contributed by atoms with Crippen molar-refractivity contribution in [2.24, 2.45) is 0 Å². The molecule has 0 unspecified atom stereocenters. The van der Waals surface area contributed by atoms with Gasteiger partial charge in [0.1, 0.15) is 5.82 Å². The Labute approximate surface area is 127 Å². The van der Waals surface area contributed by atoms with E-state index >= 15 is 0 Å². The van der Waals surface area contributed by atoms with E-state index in [1.54, 1.807) is 24.3 Å². The zero-order valence-electron chi connectivity index (χ0n) is 11.7. The van der Waals surface area contributed by atoms with Crippen LogP contribution < -0.4 is 9.47 Å². The fourth-order valence-electron chi connectivity index (χ4n) is 2.06. The van der Waals surface area contributed by atoms with Gasteiger partial charge in [-0.1, -0.05) is 23.7 Å². The van der Waals surface area contributed by atoms with E-state index in [1.165, 1.54) is 26.4 Å². The van der Waals surface area contributed by atoms with Crippen LogP contribution in [0.15, 0.2) is 36.4 Å². The first kappa shape index (κ1) is 15.3. The van der Waals surface area contributed by atoms with Crippen molar-refractivity contribution in [1.82, 2.24) is 0 Å². The molecule has 2 rings (SSSR count). The second kappa shape index (κ2) is 6.59. The van der Waals surface area contributed by atoms with E-state index in [4.69, 9.17) is 21.1 Å². The van der Waals surface area contributed by atoms with E-state index in [0.717, 1.165) is 0 Å². The number of Topliss-reactive ketones (excluding diaryl/α,β-unsaturated/α-hetero) is 1. The van der Waals surface area contributed by atoms with Gasteiger partial charge in [0, 0.05) is 17.0 Å². The molecular weight excluding hydrogens is 295 g/mol. The van der Waals surface area contributed by atoms with Crippen LogP contribution in [0.3, 0.4) is 0 Å². The Kier molecular flexibility index (Phi) is 4.81. The van der Waals surface area contributed by atoms with Crippen LogP contribution in [-0.2, 0) is 6.42 Å². The van der Waals surface area contributed by atoms with Gasteiger partial charge in [0.15, 0.2) is 17.3 Å². The molecule has 3 nitrogen and oxygen atoms in total. The SMILES string of the molecule is COc1cccc(C(=O)Cc2c(F)cccc2Cl)c1OC. The van der Waals surface area contributed by atoms with Gasteiger partial charge >= 0.3 is 0 Å². The van der Waals surface area contributed by atoms with E-state index in [1.807, 2.05) is 0 Å². The quantitative estimate of drug-likeness (QED) is 0.785. The summed E-state index contributed by atoms with van der Waals surface area (Å²) < 4.78 is 24.1. The zero-order valence-corrected chi connectivity index (χ0v) is 12.4. The summed E-state index contributed by atoms with van der Waals surface area (Å²) in [7, 11) is 2.94. The molecule has 5 heteroatoms. The molecule has 0 spiro atoms. The van der Waals surface area contributed by atoms with Gasteiger partial charge in [-0.25, -0.2) is 4.39 Å². The molecule has 0 bridgehead atoms. The summed E-state index contributed by atoms with van der Waals surface area (Å²) in [6.07, 6.45) is -0.144. The minimum Gasteiger partial charge on any atom is -0.493 e. The van der Waals surface area contributed by atoms with Gasteiger partial charge in [-0.3, -0.25) is 4.79 Å². The van der Waals surface area contributed by atoms with Crippen LogP contribution in [0.2, 0.25) is 5.02 Å². The predicted octanol–water partition coefficient (Wildman–Crippen LogP) is 3.92. The van der Waals surface area contributed by atoms with Crippen molar-refractivity contribution in [3.63, 3.8) is 0 Å². The minimum atomic E-state index is -0.502. The highest BCUT2D eigenvalue weighted by atomic mass is 35.5. The van der Waals surface area contributed by atoms with Crippen LogP contribution in [-0.4, -0.2) is 20.0 Å². The highest BCUT2D eigenvalue weighted by Crippen LogP contribution is 2.32. The number of para-hydroxylation sites is 1.